The number of hydrogen-bond donors (Lipinski definition) is 3. The van der Waals surface area contributed by atoms with Crippen LogP contribution in [0.25, 0.3) is 0 Å². The van der Waals surface area contributed by atoms with E-state index in [1.54, 1.807) is 12.3 Å². The van der Waals surface area contributed by atoms with Crippen molar-refractivity contribution in [1.82, 2.24) is 15.8 Å². The summed E-state index contributed by atoms with van der Waals surface area (Å²) in [7, 11) is 0. The highest BCUT2D eigenvalue weighted by molar-refractivity contribution is 9.10. The maximum atomic E-state index is 11.6. The molecule has 2 heterocycles. The van der Waals surface area contributed by atoms with Crippen molar-refractivity contribution in [2.75, 3.05) is 0 Å². The molecule has 3 N–H and O–H groups in total. The van der Waals surface area contributed by atoms with Gasteiger partial charge in [0.2, 0.25) is 0 Å². The molecule has 0 radical (unpaired) electrons. The van der Waals surface area contributed by atoms with Crippen LogP contribution in [0.3, 0.4) is 0 Å². The molecule has 2 amide bonds. The van der Waals surface area contributed by atoms with Crippen molar-refractivity contribution >= 4 is 27.7 Å². The minimum absolute atomic E-state index is 0.264. The molecule has 0 atom stereocenters. The fraction of sp³-hybridized carbons (Fsp3) is 0. The highest BCUT2D eigenvalue weighted by Crippen LogP contribution is 2.09. The molecule has 8 heteroatoms. The standard InChI is InChI=1S/C11H9BrN4O3/c12-8-5-9(13-6-8)11(18)15-14-10(17)7-1-3-16(19)4-2-7/h1-6,13H,(H,14,17)(H,15,18). The number of aromatic nitrogens is 2. The van der Waals surface area contributed by atoms with Crippen LogP contribution in [0.1, 0.15) is 20.8 Å². The number of H-pyrrole nitrogens is 1. The Morgan fingerprint density at radius 3 is 2.42 bits per heavy atom. The zero-order valence-corrected chi connectivity index (χ0v) is 11.1. The molecular formula is C11H9BrN4O3. The minimum Gasteiger partial charge on any atom is -0.619 e. The van der Waals surface area contributed by atoms with Crippen LogP contribution in [0.4, 0.5) is 0 Å². The number of pyridine rings is 1. The average molecular weight is 325 g/mol. The number of aromatic amines is 1. The number of nitrogens with zero attached hydrogens (tertiary/aromatic N) is 1. The second kappa shape index (κ2) is 5.53. The van der Waals surface area contributed by atoms with Crippen LogP contribution in [0.15, 0.2) is 41.3 Å². The number of hydrazine groups is 1. The van der Waals surface area contributed by atoms with Crippen LogP contribution >= 0.6 is 15.9 Å². The lowest BCUT2D eigenvalue weighted by atomic mass is 10.2. The Morgan fingerprint density at radius 2 is 1.84 bits per heavy atom. The van der Waals surface area contributed by atoms with Gasteiger partial charge in [-0.15, -0.1) is 0 Å². The van der Waals surface area contributed by atoms with Crippen molar-refractivity contribution in [3.8, 4) is 0 Å². The first-order chi connectivity index (χ1) is 9.06. The Labute approximate surface area is 116 Å². The van der Waals surface area contributed by atoms with Crippen LogP contribution in [-0.4, -0.2) is 16.8 Å². The molecule has 0 aromatic carbocycles. The highest BCUT2D eigenvalue weighted by Gasteiger charge is 2.10. The molecule has 0 aliphatic heterocycles. The van der Waals surface area contributed by atoms with Gasteiger partial charge in [0.1, 0.15) is 5.69 Å². The lowest BCUT2D eigenvalue weighted by molar-refractivity contribution is -0.605. The van der Waals surface area contributed by atoms with Crippen molar-refractivity contribution in [1.29, 1.82) is 0 Å². The quantitative estimate of drug-likeness (QED) is 0.425. The van der Waals surface area contributed by atoms with Crippen molar-refractivity contribution in [3.63, 3.8) is 0 Å². The number of hydrogen-bond acceptors (Lipinski definition) is 3. The molecule has 0 saturated carbocycles. The number of carbonyl (C=O) groups is 2. The van der Waals surface area contributed by atoms with Gasteiger partial charge >= 0.3 is 0 Å². The van der Waals surface area contributed by atoms with Gasteiger partial charge in [-0.05, 0) is 22.0 Å². The minimum atomic E-state index is -0.514. The fourth-order valence-electron chi connectivity index (χ4n) is 1.32. The molecule has 2 aromatic heterocycles. The summed E-state index contributed by atoms with van der Waals surface area (Å²) in [6, 6.07) is 4.27. The molecule has 0 spiro atoms. The van der Waals surface area contributed by atoms with E-state index in [0.717, 1.165) is 4.47 Å². The van der Waals surface area contributed by atoms with Gasteiger partial charge in [-0.2, -0.15) is 4.73 Å². The molecule has 2 aromatic rings. The molecule has 0 saturated heterocycles. The summed E-state index contributed by atoms with van der Waals surface area (Å²) in [5.41, 5.74) is 5.06. The van der Waals surface area contributed by atoms with Gasteiger partial charge in [-0.3, -0.25) is 20.4 Å². The molecule has 19 heavy (non-hydrogen) atoms. The third kappa shape index (κ3) is 3.32. The van der Waals surface area contributed by atoms with Crippen LogP contribution in [0, 0.1) is 5.21 Å². The molecule has 0 aliphatic carbocycles. The van der Waals surface area contributed by atoms with Gasteiger partial charge in [-0.25, -0.2) is 0 Å². The van der Waals surface area contributed by atoms with E-state index in [0.29, 0.717) is 10.4 Å². The van der Waals surface area contributed by atoms with E-state index in [4.69, 9.17) is 0 Å². The van der Waals surface area contributed by atoms with E-state index in [1.807, 2.05) is 0 Å². The molecule has 0 fully saturated rings. The zero-order chi connectivity index (χ0) is 13.8. The highest BCUT2D eigenvalue weighted by atomic mass is 79.9. The molecule has 98 valence electrons. The van der Waals surface area contributed by atoms with Gasteiger partial charge in [-0.1, -0.05) is 0 Å². The van der Waals surface area contributed by atoms with E-state index in [1.165, 1.54) is 24.5 Å². The summed E-state index contributed by atoms with van der Waals surface area (Å²) >= 11 is 3.19. The summed E-state index contributed by atoms with van der Waals surface area (Å²) in [5.74, 6) is -0.992. The zero-order valence-electron chi connectivity index (χ0n) is 9.51. The largest absolute Gasteiger partial charge is 0.619 e. The topological polar surface area (TPSA) is 101 Å². The van der Waals surface area contributed by atoms with Crippen LogP contribution in [0.5, 0.6) is 0 Å². The Balaban J connectivity index is 1.93. The predicted octanol–water partition coefficient (Wildman–Crippen LogP) is 0.485. The maximum Gasteiger partial charge on any atom is 0.286 e. The summed E-state index contributed by atoms with van der Waals surface area (Å²) in [6.07, 6.45) is 3.98. The van der Waals surface area contributed by atoms with Gasteiger partial charge in [0, 0.05) is 22.8 Å². The normalized spacial score (nSPS) is 9.95. The summed E-state index contributed by atoms with van der Waals surface area (Å²) < 4.78 is 1.29. The Kier molecular flexibility index (Phi) is 3.81. The average Bonchev–Trinajstić information content (AvgIpc) is 2.83. The molecule has 0 aliphatic rings. The second-order valence-electron chi connectivity index (χ2n) is 3.59. The van der Waals surface area contributed by atoms with Gasteiger partial charge in [0.15, 0.2) is 12.4 Å². The smallest absolute Gasteiger partial charge is 0.286 e. The number of carbonyl (C=O) groups excluding carboxylic acids is 2. The van der Waals surface area contributed by atoms with Gasteiger partial charge in [0.25, 0.3) is 11.8 Å². The first-order valence-electron chi connectivity index (χ1n) is 5.19. The van der Waals surface area contributed by atoms with Crippen molar-refractivity contribution in [2.45, 2.75) is 0 Å². The first-order valence-corrected chi connectivity index (χ1v) is 5.99. The number of rotatable bonds is 2. The van der Waals surface area contributed by atoms with Crippen LogP contribution in [0.2, 0.25) is 0 Å². The molecular weight excluding hydrogens is 316 g/mol. The number of nitrogens with one attached hydrogen (secondary N) is 3. The van der Waals surface area contributed by atoms with E-state index in [2.05, 4.69) is 31.8 Å². The monoisotopic (exact) mass is 324 g/mol. The SMILES string of the molecule is O=C(NNC(=O)c1cc(Br)c[nH]1)c1cc[n+]([O-])cc1. The van der Waals surface area contributed by atoms with E-state index < -0.39 is 11.8 Å². The number of amides is 2. The Morgan fingerprint density at radius 1 is 1.21 bits per heavy atom. The lowest BCUT2D eigenvalue weighted by Crippen LogP contribution is -2.42. The first kappa shape index (κ1) is 13.1. The summed E-state index contributed by atoms with van der Waals surface area (Å²) in [5, 5.41) is 10.8. The summed E-state index contributed by atoms with van der Waals surface area (Å²) in [4.78, 5) is 26.0. The number of halogens is 1. The van der Waals surface area contributed by atoms with Gasteiger partial charge < -0.3 is 10.2 Å². The van der Waals surface area contributed by atoms with E-state index in [9.17, 15) is 14.8 Å². The Bertz CT molecular complexity index is 609. The molecule has 0 unspecified atom stereocenters. The lowest BCUT2D eigenvalue weighted by Gasteiger charge is -2.05. The third-order valence-electron chi connectivity index (χ3n) is 2.25. The fourth-order valence-corrected chi connectivity index (χ4v) is 1.66. The van der Waals surface area contributed by atoms with Crippen LogP contribution in [-0.2, 0) is 0 Å². The predicted molar refractivity (Wildman–Crippen MR) is 68.8 cm³/mol. The Hall–Kier alpha value is -2.35. The van der Waals surface area contributed by atoms with Crippen LogP contribution < -0.4 is 15.6 Å². The molecule has 2 rings (SSSR count). The van der Waals surface area contributed by atoms with Crippen molar-refractivity contribution in [3.05, 3.63) is 57.7 Å². The molecule has 0 bridgehead atoms. The third-order valence-corrected chi connectivity index (χ3v) is 2.70. The maximum absolute atomic E-state index is 11.6. The molecule has 7 nitrogen and oxygen atoms in total. The van der Waals surface area contributed by atoms with Gasteiger partial charge in [0.05, 0.1) is 5.56 Å². The van der Waals surface area contributed by atoms with E-state index in [-0.39, 0.29) is 5.56 Å². The van der Waals surface area contributed by atoms with E-state index >= 15 is 0 Å². The second-order valence-corrected chi connectivity index (χ2v) is 4.50. The van der Waals surface area contributed by atoms with Crippen molar-refractivity contribution < 1.29 is 14.3 Å². The summed E-state index contributed by atoms with van der Waals surface area (Å²) in [6.45, 7) is 0. The van der Waals surface area contributed by atoms with Crippen molar-refractivity contribution in [2.24, 2.45) is 0 Å².